The fourth-order valence-corrected chi connectivity index (χ4v) is 3.22. The number of anilines is 1. The molecular weight excluding hydrogens is 292 g/mol. The van der Waals surface area contributed by atoms with E-state index in [2.05, 4.69) is 10.6 Å². The molecule has 5 nitrogen and oxygen atoms in total. The predicted octanol–water partition coefficient (Wildman–Crippen LogP) is 3.29. The molecular formula is C18H28N2O3. The van der Waals surface area contributed by atoms with Crippen molar-refractivity contribution < 1.29 is 14.6 Å². The molecule has 0 aliphatic heterocycles. The molecule has 0 radical (unpaired) electrons. The zero-order chi connectivity index (χ0) is 16.7. The number of aliphatic hydroxyl groups is 1. The highest BCUT2D eigenvalue weighted by Gasteiger charge is 2.33. The molecule has 0 unspecified atom stereocenters. The maximum atomic E-state index is 12.1. The number of hydrogen-bond donors (Lipinski definition) is 3. The normalized spacial score (nSPS) is 18.2. The summed E-state index contributed by atoms with van der Waals surface area (Å²) in [6, 6.07) is 7.23. The maximum Gasteiger partial charge on any atom is 0.319 e. The Morgan fingerprint density at radius 3 is 2.70 bits per heavy atom. The van der Waals surface area contributed by atoms with Crippen LogP contribution < -0.4 is 10.6 Å². The van der Waals surface area contributed by atoms with Crippen molar-refractivity contribution in [2.75, 3.05) is 19.0 Å². The van der Waals surface area contributed by atoms with Crippen molar-refractivity contribution in [3.8, 4) is 0 Å². The molecule has 2 amide bonds. The van der Waals surface area contributed by atoms with E-state index in [4.69, 9.17) is 4.74 Å². The Hall–Kier alpha value is -1.59. The van der Waals surface area contributed by atoms with E-state index in [0.29, 0.717) is 6.61 Å². The third-order valence-corrected chi connectivity index (χ3v) is 4.66. The summed E-state index contributed by atoms with van der Waals surface area (Å²) in [5.74, 6) is 0.261. The van der Waals surface area contributed by atoms with Gasteiger partial charge in [0.1, 0.15) is 0 Å². The number of amides is 2. The summed E-state index contributed by atoms with van der Waals surface area (Å²) in [5.41, 5.74) is 0.789. The molecule has 1 aliphatic carbocycles. The van der Waals surface area contributed by atoms with Crippen LogP contribution in [0.3, 0.4) is 0 Å². The molecule has 0 saturated heterocycles. The molecule has 0 heterocycles. The SMILES string of the molecule is COCc1ccccc1NC(=O)NC[C@](C)(O)C1CCCCC1. The lowest BCUT2D eigenvalue weighted by atomic mass is 9.78. The number of rotatable bonds is 6. The summed E-state index contributed by atoms with van der Waals surface area (Å²) in [5, 5.41) is 16.3. The molecule has 0 aromatic heterocycles. The van der Waals surface area contributed by atoms with E-state index in [9.17, 15) is 9.90 Å². The number of methoxy groups -OCH3 is 1. The van der Waals surface area contributed by atoms with E-state index in [0.717, 1.165) is 36.9 Å². The first-order chi connectivity index (χ1) is 11.0. The molecule has 1 atom stereocenters. The van der Waals surface area contributed by atoms with Gasteiger partial charge in [-0.15, -0.1) is 0 Å². The summed E-state index contributed by atoms with van der Waals surface area (Å²) in [6.45, 7) is 2.52. The third-order valence-electron chi connectivity index (χ3n) is 4.66. The fraction of sp³-hybridized carbons (Fsp3) is 0.611. The Morgan fingerprint density at radius 1 is 1.30 bits per heavy atom. The summed E-state index contributed by atoms with van der Waals surface area (Å²) in [6.07, 6.45) is 5.64. The van der Waals surface area contributed by atoms with Crippen molar-refractivity contribution in [2.24, 2.45) is 5.92 Å². The van der Waals surface area contributed by atoms with Crippen molar-refractivity contribution in [3.63, 3.8) is 0 Å². The second kappa shape index (κ2) is 8.31. The number of hydrogen-bond acceptors (Lipinski definition) is 3. The van der Waals surface area contributed by atoms with Gasteiger partial charge in [0.15, 0.2) is 0 Å². The molecule has 0 spiro atoms. The second-order valence-electron chi connectivity index (χ2n) is 6.59. The number of benzene rings is 1. The smallest absolute Gasteiger partial charge is 0.319 e. The summed E-state index contributed by atoms with van der Waals surface area (Å²) < 4.78 is 5.13. The zero-order valence-corrected chi connectivity index (χ0v) is 14.1. The van der Waals surface area contributed by atoms with Gasteiger partial charge in [-0.2, -0.15) is 0 Å². The number of nitrogens with one attached hydrogen (secondary N) is 2. The van der Waals surface area contributed by atoms with E-state index in [1.165, 1.54) is 6.42 Å². The van der Waals surface area contributed by atoms with E-state index in [-0.39, 0.29) is 18.5 Å². The second-order valence-corrected chi connectivity index (χ2v) is 6.59. The molecule has 1 aromatic carbocycles. The van der Waals surface area contributed by atoms with Gasteiger partial charge >= 0.3 is 6.03 Å². The zero-order valence-electron chi connectivity index (χ0n) is 14.1. The van der Waals surface area contributed by atoms with Gasteiger partial charge in [0.05, 0.1) is 12.2 Å². The van der Waals surface area contributed by atoms with Crippen LogP contribution in [0.5, 0.6) is 0 Å². The Balaban J connectivity index is 1.87. The van der Waals surface area contributed by atoms with Gasteiger partial charge in [0.2, 0.25) is 0 Å². The predicted molar refractivity (Wildman–Crippen MR) is 91.4 cm³/mol. The van der Waals surface area contributed by atoms with E-state index >= 15 is 0 Å². The number of urea groups is 1. The molecule has 1 aliphatic rings. The van der Waals surface area contributed by atoms with Crippen LogP contribution in [0.4, 0.5) is 10.5 Å². The third kappa shape index (κ3) is 5.22. The summed E-state index contributed by atoms with van der Waals surface area (Å²) in [4.78, 5) is 12.1. The van der Waals surface area contributed by atoms with Gasteiger partial charge in [-0.25, -0.2) is 4.79 Å². The Labute approximate surface area is 138 Å². The molecule has 1 saturated carbocycles. The molecule has 2 rings (SSSR count). The van der Waals surface area contributed by atoms with Crippen molar-refractivity contribution in [1.29, 1.82) is 0 Å². The Kier molecular flexibility index (Phi) is 6.42. The first kappa shape index (κ1) is 17.8. The lowest BCUT2D eigenvalue weighted by Gasteiger charge is -2.35. The van der Waals surface area contributed by atoms with Gasteiger partial charge in [-0.05, 0) is 31.7 Å². The fourth-order valence-electron chi connectivity index (χ4n) is 3.22. The lowest BCUT2D eigenvalue weighted by Crippen LogP contribution is -2.47. The van der Waals surface area contributed by atoms with Gasteiger partial charge in [-0.1, -0.05) is 37.5 Å². The molecule has 3 N–H and O–H groups in total. The van der Waals surface area contributed by atoms with Crippen LogP contribution in [0.25, 0.3) is 0 Å². The van der Waals surface area contributed by atoms with Crippen molar-refractivity contribution in [2.45, 2.75) is 51.2 Å². The van der Waals surface area contributed by atoms with Crippen molar-refractivity contribution >= 4 is 11.7 Å². The number of para-hydroxylation sites is 1. The van der Waals surface area contributed by atoms with Crippen LogP contribution in [0, 0.1) is 5.92 Å². The number of carbonyl (C=O) groups is 1. The molecule has 1 fully saturated rings. The van der Waals surface area contributed by atoms with Crippen LogP contribution in [-0.2, 0) is 11.3 Å². The minimum atomic E-state index is -0.857. The van der Waals surface area contributed by atoms with E-state index in [1.54, 1.807) is 7.11 Å². The van der Waals surface area contributed by atoms with Crippen molar-refractivity contribution in [1.82, 2.24) is 5.32 Å². The number of carbonyl (C=O) groups excluding carboxylic acids is 1. The molecule has 5 heteroatoms. The summed E-state index contributed by atoms with van der Waals surface area (Å²) >= 11 is 0. The highest BCUT2D eigenvalue weighted by atomic mass is 16.5. The van der Waals surface area contributed by atoms with Crippen LogP contribution in [0.2, 0.25) is 0 Å². The van der Waals surface area contributed by atoms with Crippen molar-refractivity contribution in [3.05, 3.63) is 29.8 Å². The molecule has 1 aromatic rings. The van der Waals surface area contributed by atoms with Crippen LogP contribution in [0.1, 0.15) is 44.6 Å². The quantitative estimate of drug-likeness (QED) is 0.753. The highest BCUT2D eigenvalue weighted by Crippen LogP contribution is 2.32. The lowest BCUT2D eigenvalue weighted by molar-refractivity contribution is -0.0127. The standard InChI is InChI=1S/C18H28N2O3/c1-18(22,15-9-4-3-5-10-15)13-19-17(21)20-16-11-7-6-8-14(16)12-23-2/h6-8,11,15,22H,3-5,9-10,12-13H2,1-2H3,(H2,19,20,21)/t18-/m0/s1. The molecule has 23 heavy (non-hydrogen) atoms. The summed E-state index contributed by atoms with van der Waals surface area (Å²) in [7, 11) is 1.62. The highest BCUT2D eigenvalue weighted by molar-refractivity contribution is 5.90. The minimum absolute atomic E-state index is 0.260. The van der Waals surface area contributed by atoms with Crippen LogP contribution in [-0.4, -0.2) is 30.4 Å². The molecule has 128 valence electrons. The largest absolute Gasteiger partial charge is 0.388 e. The first-order valence-corrected chi connectivity index (χ1v) is 8.37. The monoisotopic (exact) mass is 320 g/mol. The van der Waals surface area contributed by atoms with Gasteiger partial charge < -0.3 is 20.5 Å². The van der Waals surface area contributed by atoms with E-state index < -0.39 is 5.60 Å². The Morgan fingerprint density at radius 2 is 2.00 bits per heavy atom. The van der Waals surface area contributed by atoms with Gasteiger partial charge in [0, 0.05) is 24.9 Å². The average molecular weight is 320 g/mol. The first-order valence-electron chi connectivity index (χ1n) is 8.37. The minimum Gasteiger partial charge on any atom is -0.388 e. The molecule has 0 bridgehead atoms. The van der Waals surface area contributed by atoms with Crippen LogP contribution >= 0.6 is 0 Å². The average Bonchev–Trinajstić information content (AvgIpc) is 2.56. The van der Waals surface area contributed by atoms with Crippen LogP contribution in [0.15, 0.2) is 24.3 Å². The Bertz CT molecular complexity index is 511. The number of ether oxygens (including phenoxy) is 1. The van der Waals surface area contributed by atoms with E-state index in [1.807, 2.05) is 31.2 Å². The topological polar surface area (TPSA) is 70.6 Å². The maximum absolute atomic E-state index is 12.1. The van der Waals surface area contributed by atoms with Gasteiger partial charge in [0.25, 0.3) is 0 Å². The van der Waals surface area contributed by atoms with Gasteiger partial charge in [-0.3, -0.25) is 0 Å².